The first-order valence-corrected chi connectivity index (χ1v) is 13.5. The van der Waals surface area contributed by atoms with Crippen molar-refractivity contribution < 1.29 is 28.0 Å². The predicted octanol–water partition coefficient (Wildman–Crippen LogP) is 2.68. The van der Waals surface area contributed by atoms with Gasteiger partial charge in [0.15, 0.2) is 0 Å². The zero-order valence-corrected chi connectivity index (χ0v) is 20.3. The third-order valence-corrected chi connectivity index (χ3v) is 8.47. The van der Waals surface area contributed by atoms with Gasteiger partial charge in [-0.05, 0) is 43.4 Å². The molecule has 9 nitrogen and oxygen atoms in total. The minimum Gasteiger partial charge on any atom is -0.489 e. The highest BCUT2D eigenvalue weighted by molar-refractivity contribution is 7.89. The van der Waals surface area contributed by atoms with Crippen molar-refractivity contribution in [3.05, 3.63) is 65.7 Å². The van der Waals surface area contributed by atoms with Gasteiger partial charge in [0.05, 0.1) is 17.4 Å². The molecule has 35 heavy (non-hydrogen) atoms. The van der Waals surface area contributed by atoms with Crippen molar-refractivity contribution >= 4 is 22.3 Å². The van der Waals surface area contributed by atoms with Crippen molar-refractivity contribution in [2.24, 2.45) is 0 Å². The summed E-state index contributed by atoms with van der Waals surface area (Å²) in [5.41, 5.74) is 1.07. The van der Waals surface area contributed by atoms with Crippen LogP contribution in [0.1, 0.15) is 47.6 Å². The zero-order chi connectivity index (χ0) is 24.8. The van der Waals surface area contributed by atoms with Crippen LogP contribution in [0.25, 0.3) is 0 Å². The topological polar surface area (TPSA) is 107 Å². The quantitative estimate of drug-likeness (QED) is 0.322. The molecule has 188 valence electrons. The molecule has 10 heteroatoms. The second kappa shape index (κ2) is 11.2. The Morgan fingerprint density at radius 3 is 2.31 bits per heavy atom. The van der Waals surface area contributed by atoms with Gasteiger partial charge in [-0.1, -0.05) is 42.5 Å². The number of hydrogen-bond donors (Lipinski definition) is 1. The molecule has 4 rings (SSSR count). The van der Waals surface area contributed by atoms with Crippen LogP contribution in [0.2, 0.25) is 0 Å². The summed E-state index contributed by atoms with van der Waals surface area (Å²) in [5, 5.41) is 10.4. The van der Waals surface area contributed by atoms with Gasteiger partial charge in [-0.2, -0.15) is 0 Å². The van der Waals surface area contributed by atoms with Gasteiger partial charge in [0.1, 0.15) is 11.9 Å². The van der Waals surface area contributed by atoms with Gasteiger partial charge < -0.3 is 9.64 Å². The largest absolute Gasteiger partial charge is 0.489 e. The summed E-state index contributed by atoms with van der Waals surface area (Å²) in [6.07, 6.45) is 2.95. The number of ether oxygens (including phenoxy) is 1. The lowest BCUT2D eigenvalue weighted by molar-refractivity contribution is -0.159. The Balaban J connectivity index is 1.39. The van der Waals surface area contributed by atoms with Gasteiger partial charge in [-0.15, -0.1) is 0 Å². The minimum absolute atomic E-state index is 0.0335. The lowest BCUT2D eigenvalue weighted by Gasteiger charge is -2.33. The molecule has 2 aromatic rings. The predicted molar refractivity (Wildman–Crippen MR) is 129 cm³/mol. The van der Waals surface area contributed by atoms with Gasteiger partial charge >= 0.3 is 0 Å². The number of benzene rings is 2. The van der Waals surface area contributed by atoms with E-state index in [-0.39, 0.29) is 31.5 Å². The fourth-order valence-electron chi connectivity index (χ4n) is 4.62. The fraction of sp³-hybridized carbons (Fsp3) is 0.440. The highest BCUT2D eigenvalue weighted by Crippen LogP contribution is 2.28. The van der Waals surface area contributed by atoms with Crippen molar-refractivity contribution in [2.75, 3.05) is 31.9 Å². The van der Waals surface area contributed by atoms with Crippen molar-refractivity contribution in [1.29, 1.82) is 0 Å². The normalized spacial score (nSPS) is 18.3. The highest BCUT2D eigenvalue weighted by Gasteiger charge is 2.34. The summed E-state index contributed by atoms with van der Waals surface area (Å²) >= 11 is 0. The third kappa shape index (κ3) is 6.01. The first-order valence-electron chi connectivity index (χ1n) is 11.9. The molecule has 0 spiro atoms. The van der Waals surface area contributed by atoms with Crippen LogP contribution >= 0.6 is 0 Å². The van der Waals surface area contributed by atoms with Crippen molar-refractivity contribution in [1.82, 2.24) is 14.3 Å². The fourth-order valence-corrected chi connectivity index (χ4v) is 6.35. The van der Waals surface area contributed by atoms with E-state index in [0.717, 1.165) is 25.9 Å². The highest BCUT2D eigenvalue weighted by atomic mass is 32.2. The molecule has 2 aliphatic rings. The average Bonchev–Trinajstić information content (AvgIpc) is 3.43. The van der Waals surface area contributed by atoms with Gasteiger partial charge in [-0.3, -0.25) is 14.8 Å². The molecular formula is C25H31N3O6S. The van der Waals surface area contributed by atoms with E-state index in [9.17, 15) is 23.2 Å². The molecule has 2 amide bonds. The molecule has 2 aromatic carbocycles. The van der Waals surface area contributed by atoms with Crippen LogP contribution < -0.4 is 4.74 Å². The first-order chi connectivity index (χ1) is 16.9. The molecule has 2 fully saturated rings. The maximum absolute atomic E-state index is 13.1. The number of amides is 2. The number of likely N-dealkylation sites (tertiary alicyclic amines) is 1. The molecule has 2 heterocycles. The Bertz CT molecular complexity index is 1110. The molecule has 1 atom stereocenters. The number of nitrogens with zero attached hydrogens (tertiary/aromatic N) is 3. The number of rotatable bonds is 9. The Morgan fingerprint density at radius 1 is 1.03 bits per heavy atom. The molecule has 1 N–H and O–H groups in total. The van der Waals surface area contributed by atoms with Crippen LogP contribution in [-0.2, 0) is 14.8 Å². The molecule has 0 bridgehead atoms. The Labute approximate surface area is 205 Å². The maximum Gasteiger partial charge on any atom is 0.257 e. The number of sulfonamides is 1. The van der Waals surface area contributed by atoms with E-state index >= 15 is 0 Å². The Morgan fingerprint density at radius 2 is 1.66 bits per heavy atom. The smallest absolute Gasteiger partial charge is 0.257 e. The van der Waals surface area contributed by atoms with E-state index < -0.39 is 21.8 Å². The summed E-state index contributed by atoms with van der Waals surface area (Å²) < 4.78 is 33.8. The van der Waals surface area contributed by atoms with Crippen LogP contribution in [0.3, 0.4) is 0 Å². The molecular weight excluding hydrogens is 470 g/mol. The minimum atomic E-state index is -3.76. The number of hydrogen-bond acceptors (Lipinski definition) is 6. The van der Waals surface area contributed by atoms with Gasteiger partial charge in [0.2, 0.25) is 16.4 Å². The number of para-hydroxylation sites is 1. The van der Waals surface area contributed by atoms with Gasteiger partial charge in [0.25, 0.3) is 5.91 Å². The van der Waals surface area contributed by atoms with E-state index in [1.165, 1.54) is 4.31 Å². The lowest BCUT2D eigenvalue weighted by Crippen LogP contribution is -2.45. The van der Waals surface area contributed by atoms with Gasteiger partial charge in [-0.25, -0.2) is 17.8 Å². The molecule has 1 unspecified atom stereocenters. The summed E-state index contributed by atoms with van der Waals surface area (Å²) in [6, 6.07) is 14.8. The van der Waals surface area contributed by atoms with Crippen molar-refractivity contribution in [3.8, 4) is 5.75 Å². The van der Waals surface area contributed by atoms with Gasteiger partial charge in [0, 0.05) is 26.2 Å². The van der Waals surface area contributed by atoms with E-state index in [1.54, 1.807) is 42.5 Å². The summed E-state index contributed by atoms with van der Waals surface area (Å²) in [7, 11) is -3.76. The average molecular weight is 502 g/mol. The molecule has 0 saturated carbocycles. The third-order valence-electron chi connectivity index (χ3n) is 6.58. The van der Waals surface area contributed by atoms with E-state index in [1.807, 2.05) is 17.0 Å². The lowest BCUT2D eigenvalue weighted by atomic mass is 10.1. The Kier molecular flexibility index (Phi) is 8.04. The monoisotopic (exact) mass is 501 g/mol. The van der Waals surface area contributed by atoms with Crippen LogP contribution in [0.5, 0.6) is 5.75 Å². The van der Waals surface area contributed by atoms with Crippen molar-refractivity contribution in [2.45, 2.75) is 37.8 Å². The molecule has 0 aromatic heterocycles. The zero-order valence-electron chi connectivity index (χ0n) is 19.5. The second-order valence-electron chi connectivity index (χ2n) is 8.90. The maximum atomic E-state index is 13.1. The van der Waals surface area contributed by atoms with Crippen molar-refractivity contribution in [3.63, 3.8) is 0 Å². The molecule has 2 saturated heterocycles. The van der Waals surface area contributed by atoms with Crippen LogP contribution in [0, 0.1) is 0 Å². The van der Waals surface area contributed by atoms with Crippen LogP contribution in [-0.4, -0.2) is 78.2 Å². The molecule has 0 aliphatic carbocycles. The van der Waals surface area contributed by atoms with E-state index in [4.69, 9.17) is 4.74 Å². The van der Waals surface area contributed by atoms with Crippen LogP contribution in [0.4, 0.5) is 0 Å². The number of carbonyl (C=O) groups is 2. The first kappa shape index (κ1) is 25.2. The number of hydroxylamine groups is 2. The summed E-state index contributed by atoms with van der Waals surface area (Å²) in [4.78, 5) is 25.9. The summed E-state index contributed by atoms with van der Waals surface area (Å²) in [5.74, 6) is 0.0656. The number of carbonyl (C=O) groups excluding carboxylic acids is 2. The van der Waals surface area contributed by atoms with Crippen LogP contribution in [0.15, 0.2) is 54.6 Å². The molecule has 2 aliphatic heterocycles. The Hall–Kier alpha value is -2.95. The second-order valence-corrected chi connectivity index (χ2v) is 10.9. The standard InChI is InChI=1S/C25H31N3O6S/c29-19-28(31)23(20-8-2-1-3-9-20)18-35(32,33)27-16-12-21(13-17-27)34-24-11-5-4-10-22(24)25(30)26-14-6-7-15-26/h1-5,8-11,19,21,23,31H,6-7,12-18H2. The SMILES string of the molecule is O=CN(O)C(CS(=O)(=O)N1CCC(Oc2ccccc2C(=O)N2CCCC2)CC1)c1ccccc1. The number of piperidine rings is 1. The van der Waals surface area contributed by atoms with E-state index in [0.29, 0.717) is 34.8 Å². The summed E-state index contributed by atoms with van der Waals surface area (Å²) in [6.45, 7) is 2.01. The van der Waals surface area contributed by atoms with E-state index in [2.05, 4.69) is 0 Å². The molecule has 0 radical (unpaired) electrons.